The third-order valence-corrected chi connectivity index (χ3v) is 4.34. The molecular weight excluding hydrogens is 388 g/mol. The maximum Gasteiger partial charge on any atom is 0.295 e. The topological polar surface area (TPSA) is 85.5 Å². The van der Waals surface area contributed by atoms with E-state index in [0.717, 1.165) is 10.0 Å². The van der Waals surface area contributed by atoms with Gasteiger partial charge < -0.3 is 9.84 Å². The highest BCUT2D eigenvalue weighted by molar-refractivity contribution is 9.10. The molecule has 1 heterocycles. The van der Waals surface area contributed by atoms with Crippen molar-refractivity contribution in [2.45, 2.75) is 0 Å². The molecule has 0 atom stereocenters. The van der Waals surface area contributed by atoms with Crippen molar-refractivity contribution in [3.8, 4) is 11.5 Å². The molecule has 1 aromatic heterocycles. The molecule has 3 rings (SSSR count). The summed E-state index contributed by atoms with van der Waals surface area (Å²) in [4.78, 5) is 15.1. The largest absolute Gasteiger partial charge is 0.504 e. The van der Waals surface area contributed by atoms with Crippen LogP contribution in [0, 0.1) is 10.1 Å². The maximum absolute atomic E-state index is 11.1. The molecule has 126 valence electrons. The standard InChI is InChI=1S/C18H13BrN2O4/c1-25-17-10-14(19)12(9-16(17)22)6-8-13-7-5-11-3-2-4-15(21(23)24)18(11)20-13/h2-10,22H,1H3. The number of nitro benzene ring substituents is 1. The van der Waals surface area contributed by atoms with Gasteiger partial charge in [0.2, 0.25) is 0 Å². The second kappa shape index (κ2) is 6.90. The maximum atomic E-state index is 11.1. The van der Waals surface area contributed by atoms with Crippen molar-refractivity contribution in [1.29, 1.82) is 0 Å². The molecule has 2 aromatic carbocycles. The van der Waals surface area contributed by atoms with E-state index in [1.54, 1.807) is 48.6 Å². The molecule has 0 aliphatic heterocycles. The molecule has 6 nitrogen and oxygen atoms in total. The van der Waals surface area contributed by atoms with Crippen LogP contribution in [0.4, 0.5) is 5.69 Å². The van der Waals surface area contributed by atoms with E-state index in [2.05, 4.69) is 20.9 Å². The number of non-ortho nitro benzene ring substituents is 1. The zero-order valence-corrected chi connectivity index (χ0v) is 14.7. The Morgan fingerprint density at radius 3 is 2.76 bits per heavy atom. The van der Waals surface area contributed by atoms with E-state index in [9.17, 15) is 15.2 Å². The number of nitro groups is 1. The van der Waals surface area contributed by atoms with Crippen LogP contribution in [0.15, 0.2) is 46.9 Å². The van der Waals surface area contributed by atoms with E-state index in [1.807, 2.05) is 0 Å². The number of halogens is 1. The average molecular weight is 401 g/mol. The van der Waals surface area contributed by atoms with Gasteiger partial charge >= 0.3 is 0 Å². The molecule has 1 N–H and O–H groups in total. The molecule has 7 heteroatoms. The van der Waals surface area contributed by atoms with Crippen LogP contribution in [0.5, 0.6) is 11.5 Å². The predicted octanol–water partition coefficient (Wildman–Crippen LogP) is 4.79. The summed E-state index contributed by atoms with van der Waals surface area (Å²) in [7, 11) is 1.48. The van der Waals surface area contributed by atoms with Gasteiger partial charge in [-0.05, 0) is 29.8 Å². The van der Waals surface area contributed by atoms with Crippen molar-refractivity contribution in [1.82, 2.24) is 4.98 Å². The fourth-order valence-electron chi connectivity index (χ4n) is 2.41. The summed E-state index contributed by atoms with van der Waals surface area (Å²) in [6.45, 7) is 0. The van der Waals surface area contributed by atoms with E-state index < -0.39 is 4.92 Å². The minimum absolute atomic E-state index is 0.0208. The number of aromatic nitrogens is 1. The lowest BCUT2D eigenvalue weighted by Gasteiger charge is -2.06. The van der Waals surface area contributed by atoms with Crippen LogP contribution >= 0.6 is 15.9 Å². The first kappa shape index (κ1) is 16.9. The van der Waals surface area contributed by atoms with Gasteiger partial charge in [0, 0.05) is 15.9 Å². The number of methoxy groups -OCH3 is 1. The lowest BCUT2D eigenvalue weighted by Crippen LogP contribution is -1.92. The summed E-state index contributed by atoms with van der Waals surface area (Å²) in [5, 5.41) is 21.7. The Labute approximate surface area is 151 Å². The van der Waals surface area contributed by atoms with Gasteiger partial charge in [0.05, 0.1) is 17.7 Å². The third kappa shape index (κ3) is 3.46. The number of phenolic OH excluding ortho intramolecular Hbond substituents is 1. The van der Waals surface area contributed by atoms with Crippen molar-refractivity contribution in [2.75, 3.05) is 7.11 Å². The van der Waals surface area contributed by atoms with E-state index in [-0.39, 0.29) is 11.4 Å². The van der Waals surface area contributed by atoms with Crippen molar-refractivity contribution >= 4 is 44.7 Å². The fourth-order valence-corrected chi connectivity index (χ4v) is 2.87. The highest BCUT2D eigenvalue weighted by Crippen LogP contribution is 2.33. The summed E-state index contributed by atoms with van der Waals surface area (Å²) in [6, 6.07) is 11.6. The first-order valence-electron chi connectivity index (χ1n) is 7.28. The van der Waals surface area contributed by atoms with Crippen molar-refractivity contribution in [2.24, 2.45) is 0 Å². The molecular formula is C18H13BrN2O4. The normalized spacial score (nSPS) is 11.1. The Morgan fingerprint density at radius 1 is 1.24 bits per heavy atom. The summed E-state index contributed by atoms with van der Waals surface area (Å²) in [5.74, 6) is 0.385. The molecule has 0 fully saturated rings. The second-order valence-corrected chi connectivity index (χ2v) is 6.08. The number of aromatic hydroxyl groups is 1. The lowest BCUT2D eigenvalue weighted by atomic mass is 10.1. The Bertz CT molecular complexity index is 1000. The number of phenols is 1. The van der Waals surface area contributed by atoms with Crippen LogP contribution < -0.4 is 4.74 Å². The monoisotopic (exact) mass is 400 g/mol. The van der Waals surface area contributed by atoms with Gasteiger partial charge in [-0.25, -0.2) is 4.98 Å². The van der Waals surface area contributed by atoms with Gasteiger partial charge in [-0.15, -0.1) is 0 Å². The van der Waals surface area contributed by atoms with E-state index >= 15 is 0 Å². The van der Waals surface area contributed by atoms with Gasteiger partial charge in [0.25, 0.3) is 5.69 Å². The zero-order chi connectivity index (χ0) is 18.0. The van der Waals surface area contributed by atoms with Crippen molar-refractivity contribution in [3.05, 3.63) is 68.3 Å². The van der Waals surface area contributed by atoms with Crippen LogP contribution in [-0.4, -0.2) is 22.1 Å². The molecule has 0 unspecified atom stereocenters. The Hall–Kier alpha value is -2.93. The van der Waals surface area contributed by atoms with E-state index in [4.69, 9.17) is 4.74 Å². The summed E-state index contributed by atoms with van der Waals surface area (Å²) >= 11 is 3.41. The van der Waals surface area contributed by atoms with Crippen LogP contribution in [0.1, 0.15) is 11.3 Å². The van der Waals surface area contributed by atoms with Crippen molar-refractivity contribution in [3.63, 3.8) is 0 Å². The van der Waals surface area contributed by atoms with Gasteiger partial charge in [0.1, 0.15) is 5.52 Å². The van der Waals surface area contributed by atoms with E-state index in [1.165, 1.54) is 13.2 Å². The number of para-hydroxylation sites is 1. The lowest BCUT2D eigenvalue weighted by molar-refractivity contribution is -0.383. The second-order valence-electron chi connectivity index (χ2n) is 5.22. The fraction of sp³-hybridized carbons (Fsp3) is 0.0556. The SMILES string of the molecule is COc1cc(Br)c(C=Cc2ccc3cccc([N+](=O)[O-])c3n2)cc1O. The first-order valence-corrected chi connectivity index (χ1v) is 8.07. The molecule has 0 aliphatic carbocycles. The van der Waals surface area contributed by atoms with Crippen LogP contribution in [0.25, 0.3) is 23.1 Å². The number of hydrogen-bond donors (Lipinski definition) is 1. The quantitative estimate of drug-likeness (QED) is 0.502. The third-order valence-electron chi connectivity index (χ3n) is 3.65. The molecule has 3 aromatic rings. The predicted molar refractivity (Wildman–Crippen MR) is 99.7 cm³/mol. The van der Waals surface area contributed by atoms with Crippen LogP contribution in [0.3, 0.4) is 0 Å². The number of ether oxygens (including phenoxy) is 1. The Kier molecular flexibility index (Phi) is 4.67. The number of rotatable bonds is 4. The molecule has 0 aliphatic rings. The van der Waals surface area contributed by atoms with Crippen LogP contribution in [-0.2, 0) is 0 Å². The molecule has 25 heavy (non-hydrogen) atoms. The minimum Gasteiger partial charge on any atom is -0.504 e. The van der Waals surface area contributed by atoms with Gasteiger partial charge in [0.15, 0.2) is 11.5 Å². The Morgan fingerprint density at radius 2 is 2.04 bits per heavy atom. The smallest absolute Gasteiger partial charge is 0.295 e. The van der Waals surface area contributed by atoms with Gasteiger partial charge in [-0.1, -0.05) is 40.2 Å². The van der Waals surface area contributed by atoms with E-state index in [0.29, 0.717) is 22.3 Å². The first-order chi connectivity index (χ1) is 12.0. The molecule has 0 radical (unpaired) electrons. The molecule has 0 bridgehead atoms. The molecule has 0 amide bonds. The highest BCUT2D eigenvalue weighted by Gasteiger charge is 2.12. The molecule has 0 spiro atoms. The summed E-state index contributed by atoms with van der Waals surface area (Å²) in [6.07, 6.45) is 3.48. The zero-order valence-electron chi connectivity index (χ0n) is 13.1. The average Bonchev–Trinajstić information content (AvgIpc) is 2.61. The number of pyridine rings is 1. The Balaban J connectivity index is 2.01. The molecule has 0 saturated heterocycles. The summed E-state index contributed by atoms with van der Waals surface area (Å²) < 4.78 is 5.79. The van der Waals surface area contributed by atoms with Gasteiger partial charge in [-0.3, -0.25) is 10.1 Å². The number of benzene rings is 2. The highest BCUT2D eigenvalue weighted by atomic mass is 79.9. The number of nitrogens with zero attached hydrogens (tertiary/aromatic N) is 2. The van der Waals surface area contributed by atoms with Crippen LogP contribution in [0.2, 0.25) is 0 Å². The van der Waals surface area contributed by atoms with Gasteiger partial charge in [-0.2, -0.15) is 0 Å². The number of fused-ring (bicyclic) bond motifs is 1. The molecule has 0 saturated carbocycles. The van der Waals surface area contributed by atoms with Crippen molar-refractivity contribution < 1.29 is 14.8 Å². The number of hydrogen-bond acceptors (Lipinski definition) is 5. The summed E-state index contributed by atoms with van der Waals surface area (Å²) in [5.41, 5.74) is 1.61. The minimum atomic E-state index is -0.444.